The third kappa shape index (κ3) is 2.89. The predicted octanol–water partition coefficient (Wildman–Crippen LogP) is 3.08. The molecule has 1 aliphatic carbocycles. The smallest absolute Gasteiger partial charge is 0.219 e. The third-order valence-electron chi connectivity index (χ3n) is 6.53. The van der Waals surface area contributed by atoms with Gasteiger partial charge in [-0.05, 0) is 25.0 Å². The van der Waals surface area contributed by atoms with Gasteiger partial charge in [-0.1, -0.05) is 6.07 Å². The SMILES string of the molecule is CC(=O)N1CCn2c(C3CC3)nc(-c3ccc4c(c3)c(-c3cnn(C)c3)nn4C)c2C1. The van der Waals surface area contributed by atoms with Gasteiger partial charge in [-0.2, -0.15) is 10.2 Å². The van der Waals surface area contributed by atoms with E-state index in [2.05, 4.69) is 27.9 Å². The highest BCUT2D eigenvalue weighted by atomic mass is 16.2. The van der Waals surface area contributed by atoms with Crippen LogP contribution in [0.2, 0.25) is 0 Å². The van der Waals surface area contributed by atoms with Gasteiger partial charge < -0.3 is 9.47 Å². The second-order valence-corrected chi connectivity index (χ2v) is 8.74. The fraction of sp³-hybridized carbons (Fsp3) is 0.391. The van der Waals surface area contributed by atoms with Crippen LogP contribution in [0.1, 0.15) is 37.2 Å². The van der Waals surface area contributed by atoms with Crippen molar-refractivity contribution in [3.8, 4) is 22.5 Å². The quantitative estimate of drug-likeness (QED) is 0.515. The molecule has 4 heterocycles. The molecule has 1 fully saturated rings. The number of rotatable bonds is 3. The number of hydrogen-bond donors (Lipinski definition) is 0. The average Bonchev–Trinajstić information content (AvgIpc) is 3.27. The van der Waals surface area contributed by atoms with Gasteiger partial charge in [0, 0.05) is 62.7 Å². The predicted molar refractivity (Wildman–Crippen MR) is 117 cm³/mol. The number of imidazole rings is 1. The molecular formula is C23H25N7O. The lowest BCUT2D eigenvalue weighted by Gasteiger charge is -2.28. The van der Waals surface area contributed by atoms with Gasteiger partial charge in [0.2, 0.25) is 5.91 Å². The van der Waals surface area contributed by atoms with Gasteiger partial charge in [0.15, 0.2) is 0 Å². The minimum atomic E-state index is 0.118. The van der Waals surface area contributed by atoms with Crippen LogP contribution in [0.4, 0.5) is 0 Å². The Morgan fingerprint density at radius 1 is 1.10 bits per heavy atom. The van der Waals surface area contributed by atoms with E-state index in [1.807, 2.05) is 36.1 Å². The molecule has 1 aliphatic heterocycles. The van der Waals surface area contributed by atoms with Crippen LogP contribution in [0, 0.1) is 0 Å². The van der Waals surface area contributed by atoms with Crippen LogP contribution in [-0.4, -0.2) is 46.5 Å². The second kappa shape index (κ2) is 6.54. The molecule has 158 valence electrons. The summed E-state index contributed by atoms with van der Waals surface area (Å²) in [5, 5.41) is 10.2. The number of aromatic nitrogens is 6. The largest absolute Gasteiger partial charge is 0.335 e. The number of carbonyl (C=O) groups is 1. The van der Waals surface area contributed by atoms with Crippen LogP contribution in [0.15, 0.2) is 30.6 Å². The normalized spacial score (nSPS) is 16.2. The molecule has 1 aromatic carbocycles. The summed E-state index contributed by atoms with van der Waals surface area (Å²) in [7, 11) is 3.88. The Labute approximate surface area is 180 Å². The molecule has 0 unspecified atom stereocenters. The zero-order valence-corrected chi connectivity index (χ0v) is 18.0. The average molecular weight is 416 g/mol. The summed E-state index contributed by atoms with van der Waals surface area (Å²) < 4.78 is 6.07. The number of benzene rings is 1. The lowest BCUT2D eigenvalue weighted by Crippen LogP contribution is -2.37. The maximum absolute atomic E-state index is 12.1. The van der Waals surface area contributed by atoms with Gasteiger partial charge in [0.25, 0.3) is 0 Å². The number of fused-ring (bicyclic) bond motifs is 2. The Balaban J connectivity index is 1.52. The number of aryl methyl sites for hydroxylation is 2. The molecule has 8 heteroatoms. The van der Waals surface area contributed by atoms with Gasteiger partial charge >= 0.3 is 0 Å². The van der Waals surface area contributed by atoms with Crippen LogP contribution in [0.3, 0.4) is 0 Å². The summed E-state index contributed by atoms with van der Waals surface area (Å²) in [4.78, 5) is 19.1. The third-order valence-corrected chi connectivity index (χ3v) is 6.53. The standard InChI is InChI=1S/C23H25N7O/c1-14(31)29-8-9-30-20(13-29)22(25-23(30)15-4-5-15)16-6-7-19-18(10-16)21(26-28(19)3)17-11-24-27(2)12-17/h6-7,10-12,15H,4-5,8-9,13H2,1-3H3. The molecular weight excluding hydrogens is 390 g/mol. The first-order valence-electron chi connectivity index (χ1n) is 10.8. The fourth-order valence-corrected chi connectivity index (χ4v) is 4.72. The van der Waals surface area contributed by atoms with Crippen molar-refractivity contribution in [2.24, 2.45) is 14.1 Å². The van der Waals surface area contributed by atoms with E-state index < -0.39 is 0 Å². The van der Waals surface area contributed by atoms with Crippen molar-refractivity contribution in [1.29, 1.82) is 0 Å². The van der Waals surface area contributed by atoms with Crippen molar-refractivity contribution in [3.63, 3.8) is 0 Å². The molecule has 0 radical (unpaired) electrons. The van der Waals surface area contributed by atoms with Crippen molar-refractivity contribution < 1.29 is 4.79 Å². The zero-order valence-electron chi connectivity index (χ0n) is 18.0. The van der Waals surface area contributed by atoms with Gasteiger partial charge in [-0.3, -0.25) is 14.2 Å². The number of carbonyl (C=O) groups excluding carboxylic acids is 1. The van der Waals surface area contributed by atoms with Crippen molar-refractivity contribution >= 4 is 16.8 Å². The molecule has 0 bridgehead atoms. The molecule has 0 N–H and O–H groups in total. The molecule has 0 spiro atoms. The molecule has 0 saturated heterocycles. The highest BCUT2D eigenvalue weighted by Crippen LogP contribution is 2.43. The molecule has 2 aliphatic rings. The summed E-state index contributed by atoms with van der Waals surface area (Å²) in [6.07, 6.45) is 6.25. The van der Waals surface area contributed by atoms with Crippen molar-refractivity contribution in [2.45, 2.75) is 38.8 Å². The van der Waals surface area contributed by atoms with Crippen LogP contribution < -0.4 is 0 Å². The van der Waals surface area contributed by atoms with Crippen LogP contribution in [0.25, 0.3) is 33.4 Å². The number of amides is 1. The second-order valence-electron chi connectivity index (χ2n) is 8.74. The maximum atomic E-state index is 12.1. The lowest BCUT2D eigenvalue weighted by molar-refractivity contribution is -0.130. The number of hydrogen-bond acceptors (Lipinski definition) is 4. The van der Waals surface area contributed by atoms with E-state index in [4.69, 9.17) is 10.1 Å². The van der Waals surface area contributed by atoms with Crippen molar-refractivity contribution in [3.05, 3.63) is 42.1 Å². The summed E-state index contributed by atoms with van der Waals surface area (Å²) in [6.45, 7) is 3.84. The molecule has 1 amide bonds. The van der Waals surface area contributed by atoms with E-state index in [9.17, 15) is 4.79 Å². The van der Waals surface area contributed by atoms with Crippen LogP contribution >= 0.6 is 0 Å². The minimum Gasteiger partial charge on any atom is -0.335 e. The Kier molecular flexibility index (Phi) is 3.87. The first-order valence-corrected chi connectivity index (χ1v) is 10.8. The highest BCUT2D eigenvalue weighted by molar-refractivity contribution is 5.95. The molecule has 3 aromatic heterocycles. The molecule has 4 aromatic rings. The Morgan fingerprint density at radius 2 is 1.94 bits per heavy atom. The van der Waals surface area contributed by atoms with E-state index in [1.165, 1.54) is 18.7 Å². The van der Waals surface area contributed by atoms with E-state index in [1.54, 1.807) is 11.6 Å². The first kappa shape index (κ1) is 18.4. The maximum Gasteiger partial charge on any atom is 0.219 e. The van der Waals surface area contributed by atoms with E-state index >= 15 is 0 Å². The van der Waals surface area contributed by atoms with Crippen molar-refractivity contribution in [1.82, 2.24) is 34.0 Å². The lowest BCUT2D eigenvalue weighted by atomic mass is 10.0. The molecule has 6 rings (SSSR count). The van der Waals surface area contributed by atoms with Crippen molar-refractivity contribution in [2.75, 3.05) is 6.54 Å². The molecule has 8 nitrogen and oxygen atoms in total. The Morgan fingerprint density at radius 3 is 2.65 bits per heavy atom. The summed E-state index contributed by atoms with van der Waals surface area (Å²) >= 11 is 0. The van der Waals surface area contributed by atoms with E-state index in [0.29, 0.717) is 12.5 Å². The number of nitrogens with zero attached hydrogens (tertiary/aromatic N) is 7. The van der Waals surface area contributed by atoms with E-state index in [0.717, 1.165) is 52.2 Å². The van der Waals surface area contributed by atoms with Gasteiger partial charge in [-0.15, -0.1) is 0 Å². The van der Waals surface area contributed by atoms with Gasteiger partial charge in [-0.25, -0.2) is 4.98 Å². The Bertz CT molecular complexity index is 1340. The minimum absolute atomic E-state index is 0.118. The summed E-state index contributed by atoms with van der Waals surface area (Å²) in [5.41, 5.74) is 6.22. The summed E-state index contributed by atoms with van der Waals surface area (Å²) in [6, 6.07) is 6.44. The van der Waals surface area contributed by atoms with Crippen LogP contribution in [-0.2, 0) is 32.0 Å². The molecule has 1 saturated carbocycles. The molecule has 0 atom stereocenters. The van der Waals surface area contributed by atoms with E-state index in [-0.39, 0.29) is 5.91 Å². The fourth-order valence-electron chi connectivity index (χ4n) is 4.72. The monoisotopic (exact) mass is 415 g/mol. The first-order chi connectivity index (χ1) is 15.0. The topological polar surface area (TPSA) is 73.8 Å². The molecule has 31 heavy (non-hydrogen) atoms. The zero-order chi connectivity index (χ0) is 21.3. The summed E-state index contributed by atoms with van der Waals surface area (Å²) in [5.74, 6) is 1.87. The highest BCUT2D eigenvalue weighted by Gasteiger charge is 2.34. The van der Waals surface area contributed by atoms with Gasteiger partial charge in [0.1, 0.15) is 11.5 Å². The van der Waals surface area contributed by atoms with Crippen LogP contribution in [0.5, 0.6) is 0 Å². The van der Waals surface area contributed by atoms with Gasteiger partial charge in [0.05, 0.1) is 29.6 Å². The Hall–Kier alpha value is -3.42.